The Labute approximate surface area is 119 Å². The predicted molar refractivity (Wildman–Crippen MR) is 78.7 cm³/mol. The van der Waals surface area contributed by atoms with Gasteiger partial charge in [-0.2, -0.15) is 0 Å². The molecule has 1 aromatic rings. The lowest BCUT2D eigenvalue weighted by Gasteiger charge is -2.16. The van der Waals surface area contributed by atoms with Crippen molar-refractivity contribution < 1.29 is 14.3 Å². The van der Waals surface area contributed by atoms with E-state index in [1.54, 1.807) is 18.9 Å². The molecule has 0 unspecified atom stereocenters. The number of rotatable bonds is 6. The first-order chi connectivity index (χ1) is 9.43. The van der Waals surface area contributed by atoms with Crippen LogP contribution in [0, 0.1) is 13.8 Å². The van der Waals surface area contributed by atoms with E-state index in [9.17, 15) is 9.59 Å². The minimum absolute atomic E-state index is 0.105. The molecule has 5 heteroatoms. The largest absolute Gasteiger partial charge is 0.465 e. The van der Waals surface area contributed by atoms with E-state index in [1.165, 1.54) is 0 Å². The monoisotopic (exact) mass is 278 g/mol. The summed E-state index contributed by atoms with van der Waals surface area (Å²) < 4.78 is 4.84. The SMILES string of the molecule is CCOC(=O)CN(C)CC(=O)Nc1c(C)cccc1C. The zero-order chi connectivity index (χ0) is 15.1. The molecule has 0 aliphatic carbocycles. The van der Waals surface area contributed by atoms with Gasteiger partial charge in [0.05, 0.1) is 19.7 Å². The summed E-state index contributed by atoms with van der Waals surface area (Å²) in [7, 11) is 1.71. The topological polar surface area (TPSA) is 58.6 Å². The van der Waals surface area contributed by atoms with Crippen LogP contribution in [0.5, 0.6) is 0 Å². The van der Waals surface area contributed by atoms with Crippen LogP contribution in [-0.4, -0.2) is 43.5 Å². The maximum atomic E-state index is 12.0. The molecule has 0 saturated heterocycles. The van der Waals surface area contributed by atoms with Crippen LogP contribution >= 0.6 is 0 Å². The summed E-state index contributed by atoms with van der Waals surface area (Å²) in [5, 5.41) is 2.88. The van der Waals surface area contributed by atoms with E-state index < -0.39 is 0 Å². The van der Waals surface area contributed by atoms with Gasteiger partial charge in [-0.25, -0.2) is 0 Å². The zero-order valence-electron chi connectivity index (χ0n) is 12.5. The average molecular weight is 278 g/mol. The summed E-state index contributed by atoms with van der Waals surface area (Å²) in [5.41, 5.74) is 2.87. The Kier molecular flexibility index (Phi) is 6.18. The van der Waals surface area contributed by atoms with Crippen molar-refractivity contribution >= 4 is 17.6 Å². The molecule has 0 heterocycles. The number of esters is 1. The highest BCUT2D eigenvalue weighted by Gasteiger charge is 2.12. The van der Waals surface area contributed by atoms with Gasteiger partial charge in [0.2, 0.25) is 5.91 Å². The van der Waals surface area contributed by atoms with E-state index in [4.69, 9.17) is 4.74 Å². The number of hydrogen-bond donors (Lipinski definition) is 1. The van der Waals surface area contributed by atoms with Crippen molar-refractivity contribution in [2.45, 2.75) is 20.8 Å². The number of likely N-dealkylation sites (N-methyl/N-ethyl adjacent to an activating group) is 1. The third-order valence-corrected chi connectivity index (χ3v) is 2.86. The molecule has 1 aromatic carbocycles. The molecule has 0 aliphatic heterocycles. The minimum Gasteiger partial charge on any atom is -0.465 e. The van der Waals surface area contributed by atoms with Crippen molar-refractivity contribution in [1.29, 1.82) is 0 Å². The second-order valence-corrected chi connectivity index (χ2v) is 4.79. The smallest absolute Gasteiger partial charge is 0.320 e. The van der Waals surface area contributed by atoms with Crippen molar-refractivity contribution in [1.82, 2.24) is 4.90 Å². The van der Waals surface area contributed by atoms with Gasteiger partial charge in [-0.05, 0) is 38.9 Å². The highest BCUT2D eigenvalue weighted by Crippen LogP contribution is 2.19. The van der Waals surface area contributed by atoms with Gasteiger partial charge in [0.1, 0.15) is 0 Å². The van der Waals surface area contributed by atoms with Crippen molar-refractivity contribution in [3.05, 3.63) is 29.3 Å². The molecule has 5 nitrogen and oxygen atoms in total. The fraction of sp³-hybridized carbons (Fsp3) is 0.467. The summed E-state index contributed by atoms with van der Waals surface area (Å²) >= 11 is 0. The van der Waals surface area contributed by atoms with Crippen LogP contribution in [0.15, 0.2) is 18.2 Å². The van der Waals surface area contributed by atoms with Gasteiger partial charge in [0, 0.05) is 5.69 Å². The van der Waals surface area contributed by atoms with E-state index in [0.29, 0.717) is 6.61 Å². The average Bonchev–Trinajstić information content (AvgIpc) is 2.34. The number of nitrogens with one attached hydrogen (secondary N) is 1. The Morgan fingerprint density at radius 1 is 1.20 bits per heavy atom. The van der Waals surface area contributed by atoms with Gasteiger partial charge in [-0.1, -0.05) is 18.2 Å². The van der Waals surface area contributed by atoms with E-state index in [2.05, 4.69) is 5.32 Å². The molecule has 0 aromatic heterocycles. The van der Waals surface area contributed by atoms with E-state index in [1.807, 2.05) is 32.0 Å². The Balaban J connectivity index is 2.53. The van der Waals surface area contributed by atoms with Crippen molar-refractivity contribution in [3.63, 3.8) is 0 Å². The molecule has 0 saturated carbocycles. The molecule has 1 rings (SSSR count). The number of amides is 1. The molecular formula is C15H22N2O3. The second kappa shape index (κ2) is 7.65. The second-order valence-electron chi connectivity index (χ2n) is 4.79. The molecule has 1 amide bonds. The summed E-state index contributed by atoms with van der Waals surface area (Å²) in [6, 6.07) is 5.85. The van der Waals surface area contributed by atoms with E-state index >= 15 is 0 Å². The van der Waals surface area contributed by atoms with Crippen LogP contribution < -0.4 is 5.32 Å². The highest BCUT2D eigenvalue weighted by molar-refractivity contribution is 5.94. The van der Waals surface area contributed by atoms with Gasteiger partial charge < -0.3 is 10.1 Å². The third kappa shape index (κ3) is 5.01. The molecule has 0 aliphatic rings. The quantitative estimate of drug-likeness (QED) is 0.805. The zero-order valence-corrected chi connectivity index (χ0v) is 12.5. The fourth-order valence-electron chi connectivity index (χ4n) is 1.92. The molecule has 110 valence electrons. The molecule has 0 fully saturated rings. The van der Waals surface area contributed by atoms with Gasteiger partial charge in [-0.15, -0.1) is 0 Å². The summed E-state index contributed by atoms with van der Waals surface area (Å²) in [6.45, 7) is 6.25. The van der Waals surface area contributed by atoms with Crippen LogP contribution in [0.4, 0.5) is 5.69 Å². The van der Waals surface area contributed by atoms with Gasteiger partial charge in [0.15, 0.2) is 0 Å². The summed E-state index contributed by atoms with van der Waals surface area (Å²) in [6.07, 6.45) is 0. The molecule has 0 spiro atoms. The first-order valence-corrected chi connectivity index (χ1v) is 6.64. The normalized spacial score (nSPS) is 10.4. The number of para-hydroxylation sites is 1. The van der Waals surface area contributed by atoms with Crippen LogP contribution in [0.2, 0.25) is 0 Å². The number of nitrogens with zero attached hydrogens (tertiary/aromatic N) is 1. The van der Waals surface area contributed by atoms with E-state index in [-0.39, 0.29) is 25.0 Å². The van der Waals surface area contributed by atoms with Gasteiger partial charge in [-0.3, -0.25) is 14.5 Å². The lowest BCUT2D eigenvalue weighted by Crippen LogP contribution is -2.34. The number of carbonyl (C=O) groups is 2. The first-order valence-electron chi connectivity index (χ1n) is 6.64. The van der Waals surface area contributed by atoms with Crippen LogP contribution in [-0.2, 0) is 14.3 Å². The predicted octanol–water partition coefficient (Wildman–Crippen LogP) is 1.74. The highest BCUT2D eigenvalue weighted by atomic mass is 16.5. The number of hydrogen-bond acceptors (Lipinski definition) is 4. The number of aryl methyl sites for hydroxylation is 2. The molecule has 0 radical (unpaired) electrons. The minimum atomic E-state index is -0.324. The molecular weight excluding hydrogens is 256 g/mol. The van der Waals surface area contributed by atoms with Crippen LogP contribution in [0.3, 0.4) is 0 Å². The van der Waals surface area contributed by atoms with Crippen molar-refractivity contribution in [2.24, 2.45) is 0 Å². The number of ether oxygens (including phenoxy) is 1. The van der Waals surface area contributed by atoms with Gasteiger partial charge in [0.25, 0.3) is 0 Å². The van der Waals surface area contributed by atoms with Crippen LogP contribution in [0.25, 0.3) is 0 Å². The van der Waals surface area contributed by atoms with Crippen LogP contribution in [0.1, 0.15) is 18.1 Å². The maximum Gasteiger partial charge on any atom is 0.320 e. The fourth-order valence-corrected chi connectivity index (χ4v) is 1.92. The molecule has 0 atom stereocenters. The number of carbonyl (C=O) groups excluding carboxylic acids is 2. The lowest BCUT2D eigenvalue weighted by atomic mass is 10.1. The van der Waals surface area contributed by atoms with Gasteiger partial charge >= 0.3 is 5.97 Å². The lowest BCUT2D eigenvalue weighted by molar-refractivity contribution is -0.144. The summed E-state index contributed by atoms with van der Waals surface area (Å²) in [5.74, 6) is -0.468. The third-order valence-electron chi connectivity index (χ3n) is 2.86. The molecule has 1 N–H and O–H groups in total. The number of anilines is 1. The number of benzene rings is 1. The van der Waals surface area contributed by atoms with Crippen molar-refractivity contribution in [3.8, 4) is 0 Å². The molecule has 0 bridgehead atoms. The maximum absolute atomic E-state index is 12.0. The Hall–Kier alpha value is -1.88. The molecule has 20 heavy (non-hydrogen) atoms. The van der Waals surface area contributed by atoms with E-state index in [0.717, 1.165) is 16.8 Å². The Bertz CT molecular complexity index is 466. The first kappa shape index (κ1) is 16.2. The van der Waals surface area contributed by atoms with Crippen molar-refractivity contribution in [2.75, 3.05) is 32.1 Å². The standard InChI is InChI=1S/C15H22N2O3/c1-5-20-14(19)10-17(4)9-13(18)16-15-11(2)7-6-8-12(15)3/h6-8H,5,9-10H2,1-4H3,(H,16,18). The summed E-state index contributed by atoms with van der Waals surface area (Å²) in [4.78, 5) is 24.9. The Morgan fingerprint density at radius 2 is 1.80 bits per heavy atom. The Morgan fingerprint density at radius 3 is 2.35 bits per heavy atom.